The van der Waals surface area contributed by atoms with Crippen molar-refractivity contribution in [1.29, 1.82) is 0 Å². The number of piperidine rings is 1. The normalized spacial score (nSPS) is 20.1. The van der Waals surface area contributed by atoms with Crippen molar-refractivity contribution >= 4 is 10.0 Å². The topological polar surface area (TPSA) is 58.2 Å². The molecule has 17 heavy (non-hydrogen) atoms. The van der Waals surface area contributed by atoms with Gasteiger partial charge in [0.1, 0.15) is 4.75 Å². The van der Waals surface area contributed by atoms with Gasteiger partial charge >= 0.3 is 0 Å². The number of benzene rings is 1. The zero-order valence-corrected chi connectivity index (χ0v) is 10.8. The maximum Gasteiger partial charge on any atom is 0.221 e. The van der Waals surface area contributed by atoms with Crippen LogP contribution < -0.4 is 10.0 Å². The molecule has 1 saturated heterocycles. The molecule has 2 rings (SSSR count). The van der Waals surface area contributed by atoms with Crippen molar-refractivity contribution in [2.45, 2.75) is 17.6 Å². The summed E-state index contributed by atoms with van der Waals surface area (Å²) in [5.74, 6) is 0. The van der Waals surface area contributed by atoms with Gasteiger partial charge in [0, 0.05) is 0 Å². The van der Waals surface area contributed by atoms with Gasteiger partial charge < -0.3 is 5.32 Å². The predicted octanol–water partition coefficient (Wildman–Crippen LogP) is 0.814. The molecule has 2 N–H and O–H groups in total. The Balaban J connectivity index is 2.52. The number of sulfonamides is 1. The molecule has 1 aromatic rings. The van der Waals surface area contributed by atoms with E-state index in [1.807, 2.05) is 30.3 Å². The van der Waals surface area contributed by atoms with Gasteiger partial charge in [-0.2, -0.15) is 0 Å². The smallest absolute Gasteiger partial charge is 0.221 e. The van der Waals surface area contributed by atoms with E-state index in [1.165, 1.54) is 7.05 Å². The zero-order valence-electron chi connectivity index (χ0n) is 9.94. The molecular weight excluding hydrogens is 236 g/mol. The van der Waals surface area contributed by atoms with E-state index in [4.69, 9.17) is 0 Å². The number of rotatable bonds is 3. The average molecular weight is 254 g/mol. The molecule has 0 bridgehead atoms. The van der Waals surface area contributed by atoms with E-state index < -0.39 is 14.8 Å². The van der Waals surface area contributed by atoms with E-state index in [0.29, 0.717) is 12.8 Å². The van der Waals surface area contributed by atoms with Crippen LogP contribution in [0.5, 0.6) is 0 Å². The van der Waals surface area contributed by atoms with Crippen molar-refractivity contribution < 1.29 is 8.42 Å². The molecule has 1 heterocycles. The van der Waals surface area contributed by atoms with Crippen LogP contribution in [0.3, 0.4) is 0 Å². The van der Waals surface area contributed by atoms with Crippen LogP contribution in [0.25, 0.3) is 0 Å². The largest absolute Gasteiger partial charge is 0.317 e. The summed E-state index contributed by atoms with van der Waals surface area (Å²) in [5.41, 5.74) is 0.885. The molecular formula is C12H18N2O2S. The highest BCUT2D eigenvalue weighted by Crippen LogP contribution is 2.37. The van der Waals surface area contributed by atoms with E-state index in [-0.39, 0.29) is 0 Å². The second-order valence-corrected chi connectivity index (χ2v) is 6.51. The first kappa shape index (κ1) is 12.5. The van der Waals surface area contributed by atoms with Crippen molar-refractivity contribution in [1.82, 2.24) is 10.0 Å². The summed E-state index contributed by atoms with van der Waals surface area (Å²) in [6.45, 7) is 1.46. The van der Waals surface area contributed by atoms with Gasteiger partial charge in [0.15, 0.2) is 0 Å². The van der Waals surface area contributed by atoms with Crippen LogP contribution in [0.4, 0.5) is 0 Å². The Kier molecular flexibility index (Phi) is 3.51. The molecule has 0 saturated carbocycles. The van der Waals surface area contributed by atoms with E-state index in [0.717, 1.165) is 18.7 Å². The van der Waals surface area contributed by atoms with Crippen LogP contribution >= 0.6 is 0 Å². The molecule has 1 fully saturated rings. The van der Waals surface area contributed by atoms with E-state index in [2.05, 4.69) is 10.0 Å². The Morgan fingerprint density at radius 1 is 1.18 bits per heavy atom. The van der Waals surface area contributed by atoms with Gasteiger partial charge in [0.25, 0.3) is 0 Å². The lowest BCUT2D eigenvalue weighted by Crippen LogP contribution is -2.49. The minimum absolute atomic E-state index is 0.611. The highest BCUT2D eigenvalue weighted by Gasteiger charge is 2.45. The first-order valence-corrected chi connectivity index (χ1v) is 7.30. The lowest BCUT2D eigenvalue weighted by molar-refractivity contribution is 0.392. The van der Waals surface area contributed by atoms with Crippen LogP contribution in [0.1, 0.15) is 18.4 Å². The minimum atomic E-state index is -3.33. The molecule has 0 spiro atoms. The van der Waals surface area contributed by atoms with Crippen molar-refractivity contribution in [2.75, 3.05) is 20.1 Å². The summed E-state index contributed by atoms with van der Waals surface area (Å²) in [7, 11) is -1.84. The monoisotopic (exact) mass is 254 g/mol. The third kappa shape index (κ3) is 2.10. The van der Waals surface area contributed by atoms with Crippen molar-refractivity contribution in [3.63, 3.8) is 0 Å². The standard InChI is InChI=1S/C12H18N2O2S/c1-13-17(15,16)12(7-9-14-10-8-12)11-5-3-2-4-6-11/h2-6,13-14H,7-10H2,1H3. The molecule has 0 amide bonds. The third-order valence-electron chi connectivity index (χ3n) is 3.49. The molecule has 1 aliphatic rings. The minimum Gasteiger partial charge on any atom is -0.317 e. The quantitative estimate of drug-likeness (QED) is 0.839. The van der Waals surface area contributed by atoms with E-state index in [9.17, 15) is 8.42 Å². The molecule has 0 aromatic heterocycles. The molecule has 1 aliphatic heterocycles. The van der Waals surface area contributed by atoms with Crippen LogP contribution in [0.2, 0.25) is 0 Å². The van der Waals surface area contributed by atoms with Gasteiger partial charge in [-0.05, 0) is 38.5 Å². The van der Waals surface area contributed by atoms with Crippen molar-refractivity contribution in [2.24, 2.45) is 0 Å². The summed E-state index contributed by atoms with van der Waals surface area (Å²) in [5, 5.41) is 3.21. The number of hydrogen-bond acceptors (Lipinski definition) is 3. The third-order valence-corrected chi connectivity index (χ3v) is 5.70. The van der Waals surface area contributed by atoms with Crippen LogP contribution in [0, 0.1) is 0 Å². The molecule has 94 valence electrons. The van der Waals surface area contributed by atoms with Crippen LogP contribution in [-0.4, -0.2) is 28.6 Å². The van der Waals surface area contributed by atoms with Crippen molar-refractivity contribution in [3.8, 4) is 0 Å². The van der Waals surface area contributed by atoms with Crippen molar-refractivity contribution in [3.05, 3.63) is 35.9 Å². The highest BCUT2D eigenvalue weighted by atomic mass is 32.2. The maximum atomic E-state index is 12.3. The Bertz CT molecular complexity index is 465. The second kappa shape index (κ2) is 4.76. The first-order valence-electron chi connectivity index (χ1n) is 5.82. The summed E-state index contributed by atoms with van der Waals surface area (Å²) in [4.78, 5) is 0. The summed E-state index contributed by atoms with van der Waals surface area (Å²) >= 11 is 0. The summed E-state index contributed by atoms with van der Waals surface area (Å²) in [6.07, 6.45) is 1.22. The van der Waals surface area contributed by atoms with Gasteiger partial charge in [0.05, 0.1) is 0 Å². The summed E-state index contributed by atoms with van der Waals surface area (Å²) < 4.78 is 26.4. The van der Waals surface area contributed by atoms with Crippen LogP contribution in [0.15, 0.2) is 30.3 Å². The van der Waals surface area contributed by atoms with Gasteiger partial charge in [0.2, 0.25) is 10.0 Å². The Morgan fingerprint density at radius 2 is 1.76 bits per heavy atom. The molecule has 5 heteroatoms. The first-order chi connectivity index (χ1) is 8.12. The fourth-order valence-electron chi connectivity index (χ4n) is 2.48. The lowest BCUT2D eigenvalue weighted by atomic mass is 9.89. The van der Waals surface area contributed by atoms with Crippen LogP contribution in [-0.2, 0) is 14.8 Å². The Morgan fingerprint density at radius 3 is 2.29 bits per heavy atom. The Labute approximate surface area is 102 Å². The average Bonchev–Trinajstić information content (AvgIpc) is 2.40. The molecule has 0 unspecified atom stereocenters. The predicted molar refractivity (Wildman–Crippen MR) is 68.2 cm³/mol. The second-order valence-electron chi connectivity index (χ2n) is 4.32. The van der Waals surface area contributed by atoms with E-state index >= 15 is 0 Å². The van der Waals surface area contributed by atoms with E-state index in [1.54, 1.807) is 0 Å². The molecule has 0 aliphatic carbocycles. The van der Waals surface area contributed by atoms with Gasteiger partial charge in [-0.15, -0.1) is 0 Å². The number of hydrogen-bond donors (Lipinski definition) is 2. The summed E-state index contributed by atoms with van der Waals surface area (Å²) in [6, 6.07) is 9.50. The number of nitrogens with one attached hydrogen (secondary N) is 2. The zero-order chi connectivity index (χ0) is 12.4. The molecule has 4 nitrogen and oxygen atoms in total. The maximum absolute atomic E-state index is 12.3. The molecule has 1 aromatic carbocycles. The van der Waals surface area contributed by atoms with Gasteiger partial charge in [-0.25, -0.2) is 13.1 Å². The fourth-order valence-corrected chi connectivity index (χ4v) is 4.06. The molecule has 0 atom stereocenters. The SMILES string of the molecule is CNS(=O)(=O)C1(c2ccccc2)CCNCC1. The van der Waals surface area contributed by atoms with Gasteiger partial charge in [-0.1, -0.05) is 30.3 Å². The highest BCUT2D eigenvalue weighted by molar-refractivity contribution is 7.90. The lowest BCUT2D eigenvalue weighted by Gasteiger charge is -2.37. The van der Waals surface area contributed by atoms with Gasteiger partial charge in [-0.3, -0.25) is 0 Å². The fraction of sp³-hybridized carbons (Fsp3) is 0.500. The molecule has 0 radical (unpaired) electrons. The Hall–Kier alpha value is -0.910.